The number of rotatable bonds is 6. The van der Waals surface area contributed by atoms with E-state index in [1.54, 1.807) is 19.2 Å². The minimum Gasteiger partial charge on any atom is -0.497 e. The highest BCUT2D eigenvalue weighted by Crippen LogP contribution is 2.29. The Morgan fingerprint density at radius 3 is 2.64 bits per heavy atom. The molecule has 1 amide bonds. The van der Waals surface area contributed by atoms with Gasteiger partial charge in [0.05, 0.1) is 30.0 Å². The van der Waals surface area contributed by atoms with Crippen molar-refractivity contribution in [3.63, 3.8) is 0 Å². The molecule has 0 aliphatic heterocycles. The Hall–Kier alpha value is -2.44. The third-order valence-corrected chi connectivity index (χ3v) is 4.55. The van der Waals surface area contributed by atoms with Gasteiger partial charge in [-0.1, -0.05) is 23.5 Å². The SMILES string of the molecule is COc1ccc2nc(NC(=O)c3ccc(COC(C)C)cc3)sc2c1. The van der Waals surface area contributed by atoms with Crippen LogP contribution >= 0.6 is 11.3 Å². The highest BCUT2D eigenvalue weighted by molar-refractivity contribution is 7.22. The van der Waals surface area contributed by atoms with Gasteiger partial charge in [0, 0.05) is 5.56 Å². The molecule has 1 aromatic heterocycles. The summed E-state index contributed by atoms with van der Waals surface area (Å²) in [4.78, 5) is 16.8. The van der Waals surface area contributed by atoms with Crippen molar-refractivity contribution < 1.29 is 14.3 Å². The van der Waals surface area contributed by atoms with Gasteiger partial charge in [-0.3, -0.25) is 10.1 Å². The minimum atomic E-state index is -0.178. The first-order valence-corrected chi connectivity index (χ1v) is 8.83. The van der Waals surface area contributed by atoms with Gasteiger partial charge in [-0.2, -0.15) is 0 Å². The van der Waals surface area contributed by atoms with Crippen molar-refractivity contribution in [1.82, 2.24) is 4.98 Å². The number of carbonyl (C=O) groups excluding carboxylic acids is 1. The molecule has 0 aliphatic rings. The molecule has 0 spiro atoms. The second-order valence-corrected chi connectivity index (χ2v) is 6.89. The predicted molar refractivity (Wildman–Crippen MR) is 100 cm³/mol. The molecule has 5 nitrogen and oxygen atoms in total. The number of ether oxygens (including phenoxy) is 2. The van der Waals surface area contributed by atoms with Crippen LogP contribution in [0, 0.1) is 0 Å². The van der Waals surface area contributed by atoms with Gasteiger partial charge in [-0.25, -0.2) is 4.98 Å². The number of aromatic nitrogens is 1. The summed E-state index contributed by atoms with van der Waals surface area (Å²) in [7, 11) is 1.63. The van der Waals surface area contributed by atoms with E-state index < -0.39 is 0 Å². The van der Waals surface area contributed by atoms with Gasteiger partial charge in [0.1, 0.15) is 5.75 Å². The number of benzene rings is 2. The van der Waals surface area contributed by atoms with Gasteiger partial charge in [0.25, 0.3) is 5.91 Å². The first-order valence-electron chi connectivity index (χ1n) is 8.01. The molecule has 6 heteroatoms. The fraction of sp³-hybridized carbons (Fsp3) is 0.263. The average Bonchev–Trinajstić information content (AvgIpc) is 3.01. The number of thiazole rings is 1. The quantitative estimate of drug-likeness (QED) is 0.707. The van der Waals surface area contributed by atoms with Crippen LogP contribution < -0.4 is 10.1 Å². The van der Waals surface area contributed by atoms with Crippen molar-refractivity contribution in [3.8, 4) is 5.75 Å². The summed E-state index contributed by atoms with van der Waals surface area (Å²) in [5.74, 6) is 0.593. The molecule has 0 saturated heterocycles. The molecule has 1 heterocycles. The van der Waals surface area contributed by atoms with E-state index in [4.69, 9.17) is 9.47 Å². The van der Waals surface area contributed by atoms with Crippen molar-refractivity contribution in [2.24, 2.45) is 0 Å². The van der Waals surface area contributed by atoms with E-state index >= 15 is 0 Å². The fourth-order valence-corrected chi connectivity index (χ4v) is 3.16. The summed E-state index contributed by atoms with van der Waals surface area (Å²) in [6.45, 7) is 4.53. The van der Waals surface area contributed by atoms with Crippen LogP contribution in [0.5, 0.6) is 5.75 Å². The molecule has 2 aromatic carbocycles. The van der Waals surface area contributed by atoms with Gasteiger partial charge < -0.3 is 9.47 Å². The molecule has 0 bridgehead atoms. The molecule has 0 saturated carbocycles. The van der Waals surface area contributed by atoms with E-state index in [1.165, 1.54) is 11.3 Å². The van der Waals surface area contributed by atoms with E-state index in [0.717, 1.165) is 21.5 Å². The Balaban J connectivity index is 1.69. The minimum absolute atomic E-state index is 0.178. The summed E-state index contributed by atoms with van der Waals surface area (Å²) in [6, 6.07) is 13.0. The average molecular weight is 356 g/mol. The molecule has 0 unspecified atom stereocenters. The lowest BCUT2D eigenvalue weighted by molar-refractivity contribution is 0.0657. The monoisotopic (exact) mass is 356 g/mol. The molecule has 0 fully saturated rings. The van der Waals surface area contributed by atoms with Crippen molar-refractivity contribution in [3.05, 3.63) is 53.6 Å². The molecule has 3 aromatic rings. The van der Waals surface area contributed by atoms with Crippen LogP contribution in [0.4, 0.5) is 5.13 Å². The first kappa shape index (κ1) is 17.4. The van der Waals surface area contributed by atoms with Crippen LogP contribution in [0.15, 0.2) is 42.5 Å². The Kier molecular flexibility index (Phi) is 5.31. The largest absolute Gasteiger partial charge is 0.497 e. The Labute approximate surface area is 150 Å². The highest BCUT2D eigenvalue weighted by Gasteiger charge is 2.10. The fourth-order valence-electron chi connectivity index (χ4n) is 2.27. The Morgan fingerprint density at radius 2 is 1.96 bits per heavy atom. The van der Waals surface area contributed by atoms with Crippen molar-refractivity contribution in [1.29, 1.82) is 0 Å². The van der Waals surface area contributed by atoms with Gasteiger partial charge in [-0.05, 0) is 49.7 Å². The van der Waals surface area contributed by atoms with Gasteiger partial charge in [0.2, 0.25) is 0 Å². The Bertz CT molecular complexity index is 872. The lowest BCUT2D eigenvalue weighted by Gasteiger charge is -2.08. The lowest BCUT2D eigenvalue weighted by Crippen LogP contribution is -2.11. The number of methoxy groups -OCH3 is 1. The van der Waals surface area contributed by atoms with Crippen molar-refractivity contribution in [2.75, 3.05) is 12.4 Å². The van der Waals surface area contributed by atoms with Gasteiger partial charge in [0.15, 0.2) is 5.13 Å². The van der Waals surface area contributed by atoms with E-state index in [-0.39, 0.29) is 12.0 Å². The van der Waals surface area contributed by atoms with Gasteiger partial charge >= 0.3 is 0 Å². The number of hydrogen-bond donors (Lipinski definition) is 1. The van der Waals surface area contributed by atoms with Crippen LogP contribution in [0.2, 0.25) is 0 Å². The first-order chi connectivity index (χ1) is 12.0. The molecular weight excluding hydrogens is 336 g/mol. The number of nitrogens with zero attached hydrogens (tertiary/aromatic N) is 1. The predicted octanol–water partition coefficient (Wildman–Crippen LogP) is 4.48. The Morgan fingerprint density at radius 1 is 1.20 bits per heavy atom. The van der Waals surface area contributed by atoms with Crippen LogP contribution in [0.25, 0.3) is 10.2 Å². The maximum Gasteiger partial charge on any atom is 0.257 e. The zero-order valence-corrected chi connectivity index (χ0v) is 15.2. The molecular formula is C19H20N2O3S. The number of amides is 1. The second kappa shape index (κ2) is 7.63. The molecule has 0 aliphatic carbocycles. The van der Waals surface area contributed by atoms with E-state index in [0.29, 0.717) is 17.3 Å². The molecule has 1 N–H and O–H groups in total. The maximum absolute atomic E-state index is 12.4. The molecule has 3 rings (SSSR count). The molecule has 0 atom stereocenters. The summed E-state index contributed by atoms with van der Waals surface area (Å²) in [6.07, 6.45) is 0.181. The van der Waals surface area contributed by atoms with Crippen molar-refractivity contribution >= 4 is 32.6 Å². The van der Waals surface area contributed by atoms with E-state index in [2.05, 4.69) is 10.3 Å². The smallest absolute Gasteiger partial charge is 0.257 e. The van der Waals surface area contributed by atoms with Gasteiger partial charge in [-0.15, -0.1) is 0 Å². The second-order valence-electron chi connectivity index (χ2n) is 5.86. The summed E-state index contributed by atoms with van der Waals surface area (Å²) in [5, 5.41) is 3.42. The number of carbonyl (C=O) groups is 1. The summed E-state index contributed by atoms with van der Waals surface area (Å²) >= 11 is 1.42. The molecule has 25 heavy (non-hydrogen) atoms. The zero-order valence-electron chi connectivity index (χ0n) is 14.4. The number of anilines is 1. The van der Waals surface area contributed by atoms with Crippen LogP contribution in [0.3, 0.4) is 0 Å². The van der Waals surface area contributed by atoms with Crippen LogP contribution in [0.1, 0.15) is 29.8 Å². The highest BCUT2D eigenvalue weighted by atomic mass is 32.1. The normalized spacial score (nSPS) is 11.0. The lowest BCUT2D eigenvalue weighted by atomic mass is 10.1. The third-order valence-electron chi connectivity index (χ3n) is 3.62. The summed E-state index contributed by atoms with van der Waals surface area (Å²) < 4.78 is 11.7. The standard InChI is InChI=1S/C19H20N2O3S/c1-12(2)24-11-13-4-6-14(7-5-13)18(22)21-19-20-16-9-8-15(23-3)10-17(16)25-19/h4-10,12H,11H2,1-3H3,(H,20,21,22). The number of hydrogen-bond acceptors (Lipinski definition) is 5. The van der Waals surface area contributed by atoms with Crippen molar-refractivity contribution in [2.45, 2.75) is 26.6 Å². The number of nitrogens with one attached hydrogen (secondary N) is 1. The molecule has 130 valence electrons. The molecule has 0 radical (unpaired) electrons. The van der Waals surface area contributed by atoms with Crippen LogP contribution in [-0.4, -0.2) is 24.1 Å². The van der Waals surface area contributed by atoms with E-state index in [1.807, 2.05) is 44.2 Å². The number of fused-ring (bicyclic) bond motifs is 1. The zero-order chi connectivity index (χ0) is 17.8. The maximum atomic E-state index is 12.4. The van der Waals surface area contributed by atoms with Crippen LogP contribution in [-0.2, 0) is 11.3 Å². The summed E-state index contributed by atoms with van der Waals surface area (Å²) in [5.41, 5.74) is 2.46. The van der Waals surface area contributed by atoms with E-state index in [9.17, 15) is 4.79 Å². The topological polar surface area (TPSA) is 60.5 Å². The third kappa shape index (κ3) is 4.35.